The summed E-state index contributed by atoms with van der Waals surface area (Å²) in [5.41, 5.74) is 0.669. The number of carbonyl (C=O) groups excluding carboxylic acids is 3. The number of aryl methyl sites for hydroxylation is 1. The van der Waals surface area contributed by atoms with Crippen LogP contribution >= 0.6 is 0 Å². The number of methoxy groups -OCH3 is 1. The number of amides is 1. The molecule has 0 bridgehead atoms. The van der Waals surface area contributed by atoms with Crippen LogP contribution in [0.15, 0.2) is 36.4 Å². The summed E-state index contributed by atoms with van der Waals surface area (Å²) in [6.45, 7) is 11.1. The summed E-state index contributed by atoms with van der Waals surface area (Å²) < 4.78 is 11.2. The Kier molecular flexibility index (Phi) is 7.36. The van der Waals surface area contributed by atoms with Crippen molar-refractivity contribution in [2.45, 2.75) is 59.2 Å². The van der Waals surface area contributed by atoms with Crippen molar-refractivity contribution in [1.29, 1.82) is 0 Å². The van der Waals surface area contributed by atoms with E-state index >= 15 is 0 Å². The summed E-state index contributed by atoms with van der Waals surface area (Å²) in [6, 6.07) is 7.48. The molecule has 1 aliphatic rings. The molecule has 1 heterocycles. The number of ether oxygens (including phenoxy) is 2. The maximum Gasteiger partial charge on any atom is 0.322 e. The van der Waals surface area contributed by atoms with Gasteiger partial charge in [0.05, 0.1) is 19.3 Å². The second-order valence-electron chi connectivity index (χ2n) is 8.21. The summed E-state index contributed by atoms with van der Waals surface area (Å²) in [7, 11) is 1.28. The highest BCUT2D eigenvalue weighted by Crippen LogP contribution is 2.40. The Balaban J connectivity index is 2.20. The minimum absolute atomic E-state index is 0.128. The molecule has 1 fully saturated rings. The summed E-state index contributed by atoms with van der Waals surface area (Å²) in [6.07, 6.45) is 0.771. The van der Waals surface area contributed by atoms with E-state index in [0.717, 1.165) is 11.3 Å². The minimum Gasteiger partial charge on any atom is -0.468 e. The van der Waals surface area contributed by atoms with Crippen LogP contribution < -0.4 is 5.32 Å². The number of hydrogen-bond donors (Lipinski definition) is 1. The molecule has 6 nitrogen and oxygen atoms in total. The average molecular weight is 402 g/mol. The van der Waals surface area contributed by atoms with Gasteiger partial charge in [0.1, 0.15) is 0 Å². The van der Waals surface area contributed by atoms with E-state index in [9.17, 15) is 14.4 Å². The fourth-order valence-corrected chi connectivity index (χ4v) is 3.72. The van der Waals surface area contributed by atoms with Crippen LogP contribution in [0.3, 0.4) is 0 Å². The molecule has 6 heteroatoms. The third-order valence-corrected chi connectivity index (χ3v) is 5.39. The molecular formula is C23H31NO5. The molecule has 1 unspecified atom stereocenters. The Morgan fingerprint density at radius 2 is 1.90 bits per heavy atom. The summed E-state index contributed by atoms with van der Waals surface area (Å²) in [4.78, 5) is 36.8. The molecule has 1 amide bonds. The maximum atomic E-state index is 13.1. The van der Waals surface area contributed by atoms with Gasteiger partial charge in [0.15, 0.2) is 11.2 Å². The first-order valence-corrected chi connectivity index (χ1v) is 9.93. The lowest BCUT2D eigenvalue weighted by atomic mass is 9.71. The highest BCUT2D eigenvalue weighted by Gasteiger charge is 2.55. The van der Waals surface area contributed by atoms with Crippen molar-refractivity contribution >= 4 is 23.3 Å². The minimum atomic E-state index is -1.41. The molecule has 29 heavy (non-hydrogen) atoms. The lowest BCUT2D eigenvalue weighted by Crippen LogP contribution is -2.55. The van der Waals surface area contributed by atoms with Crippen LogP contribution in [0.4, 0.5) is 5.69 Å². The molecule has 1 aliphatic heterocycles. The van der Waals surface area contributed by atoms with Crippen LogP contribution in [-0.2, 0) is 30.3 Å². The molecule has 0 radical (unpaired) electrons. The van der Waals surface area contributed by atoms with Gasteiger partial charge in [-0.05, 0) is 49.8 Å². The molecule has 1 aromatic rings. The first kappa shape index (κ1) is 22.8. The van der Waals surface area contributed by atoms with E-state index in [-0.39, 0.29) is 11.7 Å². The van der Waals surface area contributed by atoms with E-state index in [2.05, 4.69) is 25.7 Å². The SMILES string of the molecule is C=C1C(=O)[C@](C)(C(=O)OC)C(CCc2ccc(NC(C)=O)cc2)O[C@@H]1CC(C)C. The van der Waals surface area contributed by atoms with E-state index in [1.54, 1.807) is 6.92 Å². The quantitative estimate of drug-likeness (QED) is 0.428. The number of esters is 1. The Bertz CT molecular complexity index is 783. The number of nitrogens with one attached hydrogen (secondary N) is 1. The first-order valence-electron chi connectivity index (χ1n) is 9.93. The van der Waals surface area contributed by atoms with E-state index in [1.807, 2.05) is 24.3 Å². The highest BCUT2D eigenvalue weighted by molar-refractivity contribution is 6.13. The van der Waals surface area contributed by atoms with E-state index in [4.69, 9.17) is 9.47 Å². The Labute approximate surface area is 172 Å². The van der Waals surface area contributed by atoms with Crippen LogP contribution in [-0.4, -0.2) is 37.0 Å². The second kappa shape index (κ2) is 9.35. The van der Waals surface area contributed by atoms with Crippen molar-refractivity contribution in [2.24, 2.45) is 11.3 Å². The molecule has 0 spiro atoms. The Morgan fingerprint density at radius 3 is 2.41 bits per heavy atom. The van der Waals surface area contributed by atoms with Gasteiger partial charge in [-0.1, -0.05) is 32.6 Å². The number of rotatable bonds is 7. The van der Waals surface area contributed by atoms with E-state index in [0.29, 0.717) is 30.8 Å². The Morgan fingerprint density at radius 1 is 1.28 bits per heavy atom. The number of Topliss-reactive ketones (excluding diaryl/α,β-unsaturated/α-hetero) is 1. The zero-order valence-corrected chi connectivity index (χ0v) is 17.9. The van der Waals surface area contributed by atoms with Crippen molar-refractivity contribution < 1.29 is 23.9 Å². The molecule has 0 aromatic heterocycles. The second-order valence-corrected chi connectivity index (χ2v) is 8.21. The van der Waals surface area contributed by atoms with Gasteiger partial charge in [-0.2, -0.15) is 0 Å². The zero-order chi connectivity index (χ0) is 21.8. The van der Waals surface area contributed by atoms with Gasteiger partial charge in [-0.25, -0.2) is 0 Å². The lowest BCUT2D eigenvalue weighted by Gasteiger charge is -2.42. The average Bonchev–Trinajstić information content (AvgIpc) is 2.67. The summed E-state index contributed by atoms with van der Waals surface area (Å²) in [5, 5.41) is 2.73. The van der Waals surface area contributed by atoms with Gasteiger partial charge in [0.2, 0.25) is 5.91 Å². The van der Waals surface area contributed by atoms with Crippen LogP contribution in [0.2, 0.25) is 0 Å². The van der Waals surface area contributed by atoms with Gasteiger partial charge in [-0.15, -0.1) is 0 Å². The van der Waals surface area contributed by atoms with E-state index in [1.165, 1.54) is 14.0 Å². The molecule has 0 aliphatic carbocycles. The summed E-state index contributed by atoms with van der Waals surface area (Å²) in [5.74, 6) is -0.698. The van der Waals surface area contributed by atoms with Crippen molar-refractivity contribution in [2.75, 3.05) is 12.4 Å². The van der Waals surface area contributed by atoms with Gasteiger partial charge >= 0.3 is 5.97 Å². The standard InChI is InChI=1S/C23H31NO5/c1-14(2)13-19-15(3)21(26)23(5,22(27)28-6)20(29-19)12-9-17-7-10-18(11-8-17)24-16(4)25/h7-8,10-11,14,19-20H,3,9,12-13H2,1-2,4-6H3,(H,24,25)/t19-,20?,23-/m1/s1. The molecule has 1 N–H and O–H groups in total. The predicted octanol–water partition coefficient (Wildman–Crippen LogP) is 3.70. The van der Waals surface area contributed by atoms with Gasteiger partial charge in [0.25, 0.3) is 0 Å². The molecule has 158 valence electrons. The third kappa shape index (κ3) is 5.12. The maximum absolute atomic E-state index is 13.1. The summed E-state index contributed by atoms with van der Waals surface area (Å²) >= 11 is 0. The van der Waals surface area contributed by atoms with Crippen LogP contribution in [0.1, 0.15) is 46.1 Å². The van der Waals surface area contributed by atoms with Crippen molar-refractivity contribution in [3.63, 3.8) is 0 Å². The molecule has 2 rings (SSSR count). The third-order valence-electron chi connectivity index (χ3n) is 5.39. The lowest BCUT2D eigenvalue weighted by molar-refractivity contribution is -0.176. The highest BCUT2D eigenvalue weighted by atomic mass is 16.5. The largest absolute Gasteiger partial charge is 0.468 e. The molecule has 0 saturated carbocycles. The first-order chi connectivity index (χ1) is 13.6. The van der Waals surface area contributed by atoms with Gasteiger partial charge < -0.3 is 14.8 Å². The van der Waals surface area contributed by atoms with Crippen LogP contribution in [0, 0.1) is 11.3 Å². The van der Waals surface area contributed by atoms with Gasteiger partial charge in [0, 0.05) is 18.2 Å². The van der Waals surface area contributed by atoms with Crippen molar-refractivity contribution in [3.05, 3.63) is 42.0 Å². The van der Waals surface area contributed by atoms with Crippen LogP contribution in [0.25, 0.3) is 0 Å². The monoisotopic (exact) mass is 401 g/mol. The number of carbonyl (C=O) groups is 3. The normalized spacial score (nSPS) is 24.5. The van der Waals surface area contributed by atoms with E-state index < -0.39 is 23.6 Å². The van der Waals surface area contributed by atoms with Crippen molar-refractivity contribution in [1.82, 2.24) is 0 Å². The number of ketones is 1. The van der Waals surface area contributed by atoms with Crippen LogP contribution in [0.5, 0.6) is 0 Å². The topological polar surface area (TPSA) is 81.7 Å². The fourth-order valence-electron chi connectivity index (χ4n) is 3.72. The zero-order valence-electron chi connectivity index (χ0n) is 17.9. The molecular weight excluding hydrogens is 370 g/mol. The molecule has 1 aromatic carbocycles. The van der Waals surface area contributed by atoms with Gasteiger partial charge in [-0.3, -0.25) is 14.4 Å². The number of anilines is 1. The number of hydrogen-bond acceptors (Lipinski definition) is 5. The molecule has 1 saturated heterocycles. The molecule has 3 atom stereocenters. The Hall–Kier alpha value is -2.47. The number of benzene rings is 1. The smallest absolute Gasteiger partial charge is 0.322 e. The fraction of sp³-hybridized carbons (Fsp3) is 0.522. The predicted molar refractivity (Wildman–Crippen MR) is 111 cm³/mol. The van der Waals surface area contributed by atoms with Crippen molar-refractivity contribution in [3.8, 4) is 0 Å².